The number of fused-ring (bicyclic) bond motifs is 1. The van der Waals surface area contributed by atoms with Crippen LogP contribution in [0.2, 0.25) is 5.02 Å². The first-order valence-electron chi connectivity index (χ1n) is 24.0. The SMILES string of the molecule is CC(C)(OC(=O)Oc1ccc([N+](=O)[O-])cc1)C(F)(F)F.CCNc1cc(O[C@@H]2C[C@@H](C(=O)N[C@]3(C(=O)NS(=O)(=O)OC4(C)CC4)C[C@H]3CC)N(C(=O)[C@@H](NC(=O)OC(C)(C)C(F)(F)F)C(C)(C)C)C2)c2cccc(Cl)c2n1. The summed E-state index contributed by atoms with van der Waals surface area (Å²) in [5.74, 6) is -2.54. The number of benzene rings is 2. The molecule has 0 radical (unpaired) electrons. The fraction of sp³-hybridized carbons (Fsp3) is 0.583. The number of likely N-dealkylation sites (tertiary alicyclic amines) is 1. The van der Waals surface area contributed by atoms with Crippen molar-refractivity contribution in [3.63, 3.8) is 0 Å². The first kappa shape index (κ1) is 61.4. The Labute approximate surface area is 444 Å². The molecule has 1 aliphatic heterocycles. The monoisotopic (exact) mass is 1140 g/mol. The Kier molecular flexibility index (Phi) is 18.0. The summed E-state index contributed by atoms with van der Waals surface area (Å²) >= 11 is 6.49. The van der Waals surface area contributed by atoms with E-state index >= 15 is 0 Å². The van der Waals surface area contributed by atoms with Crippen molar-refractivity contribution in [1.29, 1.82) is 0 Å². The van der Waals surface area contributed by atoms with Gasteiger partial charge in [0, 0.05) is 36.6 Å². The highest BCUT2D eigenvalue weighted by Gasteiger charge is 2.62. The van der Waals surface area contributed by atoms with Gasteiger partial charge >= 0.3 is 34.9 Å². The summed E-state index contributed by atoms with van der Waals surface area (Å²) in [7, 11) is -4.54. The van der Waals surface area contributed by atoms with Crippen molar-refractivity contribution in [2.75, 3.05) is 18.4 Å². The maximum Gasteiger partial charge on any atom is 0.514 e. The minimum absolute atomic E-state index is 0.0957. The van der Waals surface area contributed by atoms with Gasteiger partial charge in [-0.25, -0.2) is 23.5 Å². The number of anilines is 1. The number of alkyl halides is 6. The molecule has 0 bridgehead atoms. The molecule has 4 amide bonds. The quantitative estimate of drug-likeness (QED) is 0.0323. The molecule has 1 aromatic heterocycles. The normalized spacial score (nSPS) is 20.6. The molecule has 29 heteroatoms. The van der Waals surface area contributed by atoms with Crippen LogP contribution < -0.4 is 30.1 Å². The van der Waals surface area contributed by atoms with E-state index in [1.54, 1.807) is 58.9 Å². The van der Waals surface area contributed by atoms with Gasteiger partial charge in [0.1, 0.15) is 41.0 Å². The molecule has 0 unspecified atom stereocenters. The number of nitrogens with zero attached hydrogens (tertiary/aromatic N) is 3. The van der Waals surface area contributed by atoms with Gasteiger partial charge in [-0.05, 0) is 96.4 Å². The summed E-state index contributed by atoms with van der Waals surface area (Å²) < 4.78 is 131. The Morgan fingerprint density at radius 2 is 1.52 bits per heavy atom. The van der Waals surface area contributed by atoms with Crippen LogP contribution in [0, 0.1) is 21.4 Å². The fourth-order valence-corrected chi connectivity index (χ4v) is 9.10. The summed E-state index contributed by atoms with van der Waals surface area (Å²) in [6, 6.07) is 8.07. The van der Waals surface area contributed by atoms with E-state index in [2.05, 4.69) is 30.4 Å². The maximum absolute atomic E-state index is 14.5. The summed E-state index contributed by atoms with van der Waals surface area (Å²) in [4.78, 5) is 82.1. The third kappa shape index (κ3) is 15.2. The lowest BCUT2D eigenvalue weighted by molar-refractivity contribution is -0.384. The number of hydrogen-bond acceptors (Lipinski definition) is 16. The average Bonchev–Trinajstić information content (AvgIpc) is 4.15. The fourth-order valence-electron chi connectivity index (χ4n) is 7.74. The number of halogens is 7. The van der Waals surface area contributed by atoms with Crippen LogP contribution >= 0.6 is 11.6 Å². The largest absolute Gasteiger partial charge is 0.514 e. The Bertz CT molecular complexity index is 2850. The Balaban J connectivity index is 0.000000459. The number of nitro benzene ring substituents is 1. The van der Waals surface area contributed by atoms with Gasteiger partial charge in [0.05, 0.1) is 27.6 Å². The molecule has 5 atom stereocenters. The van der Waals surface area contributed by atoms with Crippen LogP contribution in [0.15, 0.2) is 48.5 Å². The van der Waals surface area contributed by atoms with E-state index in [9.17, 15) is 68.8 Å². The predicted molar refractivity (Wildman–Crippen MR) is 264 cm³/mol. The smallest absolute Gasteiger partial charge is 0.488 e. The number of rotatable bonds is 17. The number of hydrogen-bond donors (Lipinski definition) is 4. The average molecular weight is 1140 g/mol. The number of para-hydroxylation sites is 1. The van der Waals surface area contributed by atoms with Crippen molar-refractivity contribution in [1.82, 2.24) is 25.2 Å². The second kappa shape index (κ2) is 22.5. The number of pyridine rings is 1. The number of carbonyl (C=O) groups is 5. The molecule has 2 aromatic carbocycles. The number of amides is 4. The molecule has 21 nitrogen and oxygen atoms in total. The molecule has 4 N–H and O–H groups in total. The van der Waals surface area contributed by atoms with Crippen LogP contribution in [0.25, 0.3) is 10.9 Å². The van der Waals surface area contributed by atoms with Crippen molar-refractivity contribution in [2.24, 2.45) is 11.3 Å². The van der Waals surface area contributed by atoms with E-state index in [1.807, 2.05) is 11.6 Å². The van der Waals surface area contributed by atoms with Gasteiger partial charge in [0.2, 0.25) is 23.0 Å². The van der Waals surface area contributed by atoms with Crippen LogP contribution in [0.4, 0.5) is 47.4 Å². The summed E-state index contributed by atoms with van der Waals surface area (Å²) in [6.45, 7) is 12.9. The predicted octanol–water partition coefficient (Wildman–Crippen LogP) is 8.82. The van der Waals surface area contributed by atoms with E-state index in [4.69, 9.17) is 25.3 Å². The summed E-state index contributed by atoms with van der Waals surface area (Å²) in [5, 5.41) is 19.4. The molecule has 2 saturated carbocycles. The van der Waals surface area contributed by atoms with Gasteiger partial charge in [-0.15, -0.1) is 0 Å². The number of ether oxygens (including phenoxy) is 4. The first-order valence-corrected chi connectivity index (χ1v) is 25.7. The van der Waals surface area contributed by atoms with Gasteiger partial charge in [-0.2, -0.15) is 34.8 Å². The number of non-ortho nitro benzene ring substituents is 1. The highest BCUT2D eigenvalue weighted by Crippen LogP contribution is 2.47. The number of nitrogens with one attached hydrogen (secondary N) is 4. The second-order valence-electron chi connectivity index (χ2n) is 20.9. The zero-order valence-electron chi connectivity index (χ0n) is 43.5. The van der Waals surface area contributed by atoms with Crippen LogP contribution in [-0.4, -0.2) is 119 Å². The molecule has 426 valence electrons. The molecule has 0 spiro atoms. The topological polar surface area (TPSA) is 273 Å². The highest BCUT2D eigenvalue weighted by molar-refractivity contribution is 7.85. The van der Waals surface area contributed by atoms with Gasteiger partial charge in [0.25, 0.3) is 11.6 Å². The van der Waals surface area contributed by atoms with E-state index in [-0.39, 0.29) is 30.8 Å². The van der Waals surface area contributed by atoms with Crippen LogP contribution in [0.1, 0.15) is 101 Å². The van der Waals surface area contributed by atoms with E-state index in [0.29, 0.717) is 81.0 Å². The number of carbonyl (C=O) groups excluding carboxylic acids is 5. The molecular weight excluding hydrogens is 1080 g/mol. The Hall–Kier alpha value is -6.42. The van der Waals surface area contributed by atoms with Crippen LogP contribution in [-0.2, 0) is 38.3 Å². The number of alkyl carbamates (subject to hydrolysis) is 1. The highest BCUT2D eigenvalue weighted by atomic mass is 35.5. The van der Waals surface area contributed by atoms with Crippen molar-refractivity contribution in [3.8, 4) is 11.5 Å². The molecule has 77 heavy (non-hydrogen) atoms. The van der Waals surface area contributed by atoms with E-state index < -0.39 is 109 Å². The standard InChI is InChI=1S/C37H50ClF3N6O9S.C11H10F3NO5/c1-9-20-18-36(20,31(50)46-57(52,53)56-35(8)14-15-35)45-29(48)24-16-21(54-25-17-26(42-10-2)43-27-22(25)12-11-13-23(27)38)19-47(24)30(49)28(33(3,4)5)44-32(51)55-34(6,7)37(39,40)41;1-10(2,11(12,13)14)20-9(16)19-8-5-3-7(4-6-8)15(17)18/h11-13,17,20-21,24,28H,9-10,14-16,18-19H2,1-8H3,(H,42,43)(H,44,51)(H,45,48)(H,46,50);3-6H,1-2H3/t20-,21-,24+,28-,36-;/m1./s1. The van der Waals surface area contributed by atoms with Crippen molar-refractivity contribution >= 4 is 74.3 Å². The van der Waals surface area contributed by atoms with Gasteiger partial charge in [-0.1, -0.05) is 51.8 Å². The first-order chi connectivity index (χ1) is 35.3. The molecule has 1 saturated heterocycles. The van der Waals surface area contributed by atoms with Gasteiger partial charge < -0.3 is 39.8 Å². The number of aromatic nitrogens is 1. The zero-order valence-corrected chi connectivity index (χ0v) is 45.1. The molecule has 3 aliphatic rings. The molecule has 3 fully saturated rings. The third-order valence-corrected chi connectivity index (χ3v) is 14.1. The zero-order chi connectivity index (χ0) is 58.1. The lowest BCUT2D eigenvalue weighted by Gasteiger charge is -2.36. The minimum Gasteiger partial charge on any atom is -0.488 e. The molecule has 6 rings (SSSR count). The molecular formula is C48H60ClF6N7O14S. The Morgan fingerprint density at radius 1 is 0.922 bits per heavy atom. The maximum atomic E-state index is 14.5. The summed E-state index contributed by atoms with van der Waals surface area (Å²) in [5.41, 5.74) is -9.15. The van der Waals surface area contributed by atoms with Crippen molar-refractivity contribution in [2.45, 2.75) is 154 Å². The van der Waals surface area contributed by atoms with Gasteiger partial charge in [-0.3, -0.25) is 24.5 Å². The second-order valence-corrected chi connectivity index (χ2v) is 22.6. The molecule has 3 aromatic rings. The van der Waals surface area contributed by atoms with E-state index in [0.717, 1.165) is 29.2 Å². The minimum atomic E-state index is -4.93. The van der Waals surface area contributed by atoms with E-state index in [1.165, 1.54) is 0 Å². The molecule has 2 aliphatic carbocycles. The van der Waals surface area contributed by atoms with Crippen molar-refractivity contribution < 1.29 is 86.8 Å². The van der Waals surface area contributed by atoms with Crippen LogP contribution in [0.5, 0.6) is 11.5 Å². The van der Waals surface area contributed by atoms with Crippen molar-refractivity contribution in [3.05, 3.63) is 63.7 Å². The number of nitro groups is 1. The summed E-state index contributed by atoms with van der Waals surface area (Å²) in [6.07, 6.45) is -12.3. The van der Waals surface area contributed by atoms with Crippen LogP contribution in [0.3, 0.4) is 0 Å². The van der Waals surface area contributed by atoms with Gasteiger partial charge in [0.15, 0.2) is 0 Å². The Morgan fingerprint density at radius 3 is 2.04 bits per heavy atom. The molecule has 2 heterocycles. The lowest BCUT2D eigenvalue weighted by Crippen LogP contribution is -2.60. The lowest BCUT2D eigenvalue weighted by atomic mass is 9.85. The third-order valence-electron chi connectivity index (χ3n) is 12.8.